The molecule has 246 valence electrons. The molecule has 1 saturated carbocycles. The average Bonchev–Trinajstić information content (AvgIpc) is 3.40. The Bertz CT molecular complexity index is 1960. The maximum absolute atomic E-state index is 14.5. The van der Waals surface area contributed by atoms with Crippen LogP contribution in [0, 0.1) is 23.6 Å². The number of alkyl halides is 2. The molecule has 0 bridgehead atoms. The van der Waals surface area contributed by atoms with Crippen molar-refractivity contribution < 1.29 is 43.5 Å². The summed E-state index contributed by atoms with van der Waals surface area (Å²) in [4.78, 5) is 54.4. The fourth-order valence-electron chi connectivity index (χ4n) is 7.77. The van der Waals surface area contributed by atoms with Gasteiger partial charge in [0, 0.05) is 5.92 Å². The molecular weight excluding hydrogens is 689 g/mol. The Morgan fingerprint density at radius 3 is 2.29 bits per heavy atom. The molecule has 3 aromatic carbocycles. The van der Waals surface area contributed by atoms with E-state index in [2.05, 4.69) is 0 Å². The van der Waals surface area contributed by atoms with Crippen molar-refractivity contribution in [2.45, 2.75) is 28.5 Å². The molecule has 7 rings (SSSR count). The van der Waals surface area contributed by atoms with Crippen LogP contribution < -0.4 is 20.0 Å². The molecule has 4 aliphatic rings. The summed E-state index contributed by atoms with van der Waals surface area (Å²) < 4.78 is 19.2. The van der Waals surface area contributed by atoms with Crippen LogP contribution in [0.5, 0.6) is 11.5 Å². The van der Waals surface area contributed by atoms with Crippen molar-refractivity contribution >= 4 is 82.4 Å². The van der Waals surface area contributed by atoms with E-state index in [1.54, 1.807) is 6.08 Å². The average molecular weight is 714 g/mol. The smallest absolute Gasteiger partial charge is 0.488 e. The van der Waals surface area contributed by atoms with E-state index in [0.717, 1.165) is 21.9 Å². The molecule has 2 saturated heterocycles. The quantitative estimate of drug-likeness (QED) is 0.158. The Balaban J connectivity index is 1.40. The van der Waals surface area contributed by atoms with Gasteiger partial charge >= 0.3 is 7.12 Å². The molecule has 6 unspecified atom stereocenters. The van der Waals surface area contributed by atoms with Crippen LogP contribution in [-0.4, -0.2) is 62.8 Å². The first-order valence-corrected chi connectivity index (χ1v) is 16.0. The molecule has 3 aromatic rings. The van der Waals surface area contributed by atoms with Gasteiger partial charge in [0.15, 0.2) is 21.2 Å². The number of amides is 4. The Morgan fingerprint density at radius 1 is 0.917 bits per heavy atom. The Kier molecular flexibility index (Phi) is 7.69. The summed E-state index contributed by atoms with van der Waals surface area (Å²) in [6, 6.07) is 13.2. The maximum Gasteiger partial charge on any atom is 0.488 e. The molecule has 0 spiro atoms. The zero-order valence-corrected chi connectivity index (χ0v) is 27.2. The number of methoxy groups -OCH3 is 1. The van der Waals surface area contributed by atoms with Crippen LogP contribution in [0.2, 0.25) is 5.02 Å². The molecule has 2 aliphatic carbocycles. The highest BCUT2D eigenvalue weighted by Gasteiger charge is 2.76. The van der Waals surface area contributed by atoms with Gasteiger partial charge in [-0.2, -0.15) is 0 Å². The van der Waals surface area contributed by atoms with Crippen molar-refractivity contribution in [3.8, 4) is 11.5 Å². The number of carbonyl (C=O) groups is 4. The first-order chi connectivity index (χ1) is 22.7. The van der Waals surface area contributed by atoms with Gasteiger partial charge in [0.25, 0.3) is 11.8 Å². The number of hydrogen-bond donors (Lipinski definition) is 3. The monoisotopic (exact) mass is 712 g/mol. The van der Waals surface area contributed by atoms with E-state index in [0.29, 0.717) is 5.57 Å². The van der Waals surface area contributed by atoms with E-state index in [-0.39, 0.29) is 51.8 Å². The first kappa shape index (κ1) is 32.6. The van der Waals surface area contributed by atoms with Crippen molar-refractivity contribution in [3.63, 3.8) is 0 Å². The van der Waals surface area contributed by atoms with Gasteiger partial charge in [-0.15, -0.1) is 23.2 Å². The molecule has 3 fully saturated rings. The van der Waals surface area contributed by atoms with Gasteiger partial charge in [0.2, 0.25) is 11.8 Å². The fraction of sp³-hybridized carbons (Fsp3) is 0.273. The number of nitrogens with zero attached hydrogens (tertiary/aromatic N) is 2. The molecule has 0 radical (unpaired) electrons. The third-order valence-electron chi connectivity index (χ3n) is 9.93. The normalized spacial score (nSPS) is 29.4. The van der Waals surface area contributed by atoms with Gasteiger partial charge < -0.3 is 19.9 Å². The number of hydrogen-bond acceptors (Lipinski definition) is 8. The molecule has 3 N–H and O–H groups in total. The predicted molar refractivity (Wildman–Crippen MR) is 175 cm³/mol. The van der Waals surface area contributed by atoms with Gasteiger partial charge in [-0.1, -0.05) is 35.4 Å². The van der Waals surface area contributed by atoms with Crippen molar-refractivity contribution in [1.29, 1.82) is 0 Å². The van der Waals surface area contributed by atoms with E-state index in [1.165, 1.54) is 55.6 Å². The second kappa shape index (κ2) is 11.3. The van der Waals surface area contributed by atoms with Crippen LogP contribution in [-0.2, 0) is 19.2 Å². The number of carbonyl (C=O) groups excluding carboxylic acids is 4. The number of imide groups is 2. The molecule has 2 heterocycles. The van der Waals surface area contributed by atoms with Crippen LogP contribution in [0.3, 0.4) is 0 Å². The zero-order valence-electron chi connectivity index (χ0n) is 24.9. The first-order valence-electron chi connectivity index (χ1n) is 14.9. The fourth-order valence-corrected chi connectivity index (χ4v) is 8.92. The number of halogens is 4. The topological polar surface area (TPSA) is 145 Å². The number of phenols is 1. The van der Waals surface area contributed by atoms with E-state index in [4.69, 9.17) is 39.5 Å². The van der Waals surface area contributed by atoms with Gasteiger partial charge in [-0.3, -0.25) is 24.1 Å². The summed E-state index contributed by atoms with van der Waals surface area (Å²) in [5, 5.41) is 29.8. The molecule has 6 atom stereocenters. The van der Waals surface area contributed by atoms with Gasteiger partial charge in [-0.25, -0.2) is 9.29 Å². The third kappa shape index (κ3) is 4.39. The summed E-state index contributed by atoms with van der Waals surface area (Å²) in [5.74, 6) is -7.92. The molecule has 48 heavy (non-hydrogen) atoms. The van der Waals surface area contributed by atoms with Crippen LogP contribution >= 0.6 is 34.8 Å². The van der Waals surface area contributed by atoms with Crippen molar-refractivity contribution in [1.82, 2.24) is 0 Å². The largest absolute Gasteiger partial charge is 0.503 e. The number of allylic oxidation sites excluding steroid dienone is 2. The lowest BCUT2D eigenvalue weighted by atomic mass is 9.56. The van der Waals surface area contributed by atoms with E-state index in [1.807, 2.05) is 0 Å². The Labute approximate surface area is 288 Å². The summed E-state index contributed by atoms with van der Waals surface area (Å²) in [5.41, 5.74) is 0.955. The molecule has 2 aliphatic heterocycles. The lowest BCUT2D eigenvalue weighted by Gasteiger charge is -2.50. The van der Waals surface area contributed by atoms with Crippen molar-refractivity contribution in [3.05, 3.63) is 88.7 Å². The van der Waals surface area contributed by atoms with Crippen molar-refractivity contribution in [2.24, 2.45) is 17.8 Å². The molecular formula is C33H25BCl3FN2O8. The summed E-state index contributed by atoms with van der Waals surface area (Å²) in [6.45, 7) is 0. The van der Waals surface area contributed by atoms with Gasteiger partial charge in [-0.05, 0) is 78.3 Å². The van der Waals surface area contributed by atoms with E-state index >= 15 is 0 Å². The van der Waals surface area contributed by atoms with Crippen LogP contribution in [0.25, 0.3) is 0 Å². The molecule has 4 amide bonds. The second-order valence-corrected chi connectivity index (χ2v) is 13.9. The number of aromatic hydroxyl groups is 1. The number of phenolic OH excluding ortho intramolecular Hbond substituents is 1. The van der Waals surface area contributed by atoms with E-state index < -0.39 is 70.0 Å². The Morgan fingerprint density at radius 2 is 1.62 bits per heavy atom. The summed E-state index contributed by atoms with van der Waals surface area (Å²) >= 11 is 21.1. The van der Waals surface area contributed by atoms with Crippen molar-refractivity contribution in [2.75, 3.05) is 16.9 Å². The highest BCUT2D eigenvalue weighted by Crippen LogP contribution is 2.66. The highest BCUT2D eigenvalue weighted by molar-refractivity contribution is 6.59. The predicted octanol–water partition coefficient (Wildman–Crippen LogP) is 3.64. The standard InChI is InChI=1S/C33H25BCl3FN2O8/c1-48-24-12-15(11-23(35)27(24)41)26-20-9-10-21-25(29(43)39(28(21)42)19-4-2-3-16(13-19)34(46)47)22(20)14-32(36)30(44)40(31(45)33(26,32)37)18-7-5-17(38)6-8-18/h2-9,11-13,21-22,25-26,41,46-47H,10,14H2,1H3. The summed E-state index contributed by atoms with van der Waals surface area (Å²) in [7, 11) is -0.543. The lowest BCUT2D eigenvalue weighted by Crippen LogP contribution is -2.60. The maximum atomic E-state index is 14.5. The SMILES string of the molecule is COc1cc(C2C3=CCC4C(=O)N(c5cccc(B(O)O)c5)C(=O)C4C3CC3(Cl)C(=O)N(c4ccc(F)cc4)C(=O)C23Cl)cc(Cl)c1O. The van der Waals surface area contributed by atoms with Crippen LogP contribution in [0.15, 0.2) is 72.3 Å². The highest BCUT2D eigenvalue weighted by atomic mass is 35.5. The number of fused-ring (bicyclic) bond motifs is 4. The molecule has 0 aromatic heterocycles. The van der Waals surface area contributed by atoms with Crippen LogP contribution in [0.4, 0.5) is 15.8 Å². The number of rotatable bonds is 5. The minimum absolute atomic E-state index is 0.0278. The number of ether oxygens (including phenoxy) is 1. The number of benzene rings is 3. The minimum atomic E-state index is -2.21. The molecule has 15 heteroatoms. The molecule has 10 nitrogen and oxygen atoms in total. The number of anilines is 2. The van der Waals surface area contributed by atoms with Gasteiger partial charge in [0.05, 0.1) is 35.3 Å². The zero-order chi connectivity index (χ0) is 34.4. The Hall–Kier alpha value is -3.94. The lowest BCUT2D eigenvalue weighted by molar-refractivity contribution is -0.125. The minimum Gasteiger partial charge on any atom is -0.503 e. The second-order valence-electron chi connectivity index (χ2n) is 12.3. The van der Waals surface area contributed by atoms with Gasteiger partial charge in [0.1, 0.15) is 5.82 Å². The van der Waals surface area contributed by atoms with E-state index in [9.17, 15) is 38.7 Å². The third-order valence-corrected chi connectivity index (χ3v) is 11.6. The summed E-state index contributed by atoms with van der Waals surface area (Å²) in [6.07, 6.45) is 1.49. The van der Waals surface area contributed by atoms with Crippen LogP contribution in [0.1, 0.15) is 24.3 Å².